The summed E-state index contributed by atoms with van der Waals surface area (Å²) in [6.45, 7) is 6.93. The monoisotopic (exact) mass is 350 g/mol. The second kappa shape index (κ2) is 9.21. The lowest BCUT2D eigenvalue weighted by Gasteiger charge is -2.27. The highest BCUT2D eigenvalue weighted by Gasteiger charge is 2.28. The Kier molecular flexibility index (Phi) is 7.28. The first-order valence-corrected chi connectivity index (χ1v) is 9.94. The van der Waals surface area contributed by atoms with Crippen LogP contribution in [0.15, 0.2) is 17.5 Å². The predicted octanol–water partition coefficient (Wildman–Crippen LogP) is 3.72. The molecule has 0 saturated heterocycles. The molecule has 1 heterocycles. The van der Waals surface area contributed by atoms with Gasteiger partial charge in [-0.25, -0.2) is 0 Å². The van der Waals surface area contributed by atoms with Gasteiger partial charge in [0.2, 0.25) is 11.8 Å². The third-order valence-electron chi connectivity index (χ3n) is 4.74. The SMILES string of the molecule is CC(C)C[C@@H](NC(=O)C1CCC(C)CC1)C(=O)NCc1cccs1. The highest BCUT2D eigenvalue weighted by atomic mass is 32.1. The maximum Gasteiger partial charge on any atom is 0.242 e. The molecule has 0 radical (unpaired) electrons. The fourth-order valence-electron chi connectivity index (χ4n) is 3.23. The van der Waals surface area contributed by atoms with E-state index in [2.05, 4.69) is 31.4 Å². The Labute approximate surface area is 149 Å². The third-order valence-corrected chi connectivity index (χ3v) is 5.62. The molecule has 24 heavy (non-hydrogen) atoms. The number of carbonyl (C=O) groups excluding carboxylic acids is 2. The van der Waals surface area contributed by atoms with Crippen molar-refractivity contribution in [3.63, 3.8) is 0 Å². The number of hydrogen-bond acceptors (Lipinski definition) is 3. The molecule has 0 aromatic carbocycles. The van der Waals surface area contributed by atoms with E-state index in [9.17, 15) is 9.59 Å². The summed E-state index contributed by atoms with van der Waals surface area (Å²) in [7, 11) is 0. The van der Waals surface area contributed by atoms with Crippen LogP contribution in [-0.2, 0) is 16.1 Å². The molecule has 0 unspecified atom stereocenters. The van der Waals surface area contributed by atoms with Crippen molar-refractivity contribution < 1.29 is 9.59 Å². The van der Waals surface area contributed by atoms with Crippen LogP contribution in [0.2, 0.25) is 0 Å². The summed E-state index contributed by atoms with van der Waals surface area (Å²) in [4.78, 5) is 26.2. The summed E-state index contributed by atoms with van der Waals surface area (Å²) < 4.78 is 0. The first-order chi connectivity index (χ1) is 11.5. The lowest BCUT2D eigenvalue weighted by atomic mass is 9.82. The van der Waals surface area contributed by atoms with E-state index < -0.39 is 6.04 Å². The molecule has 0 spiro atoms. The van der Waals surface area contributed by atoms with Crippen LogP contribution in [0.25, 0.3) is 0 Å². The molecular weight excluding hydrogens is 320 g/mol. The topological polar surface area (TPSA) is 58.2 Å². The van der Waals surface area contributed by atoms with Crippen molar-refractivity contribution in [1.29, 1.82) is 0 Å². The van der Waals surface area contributed by atoms with Gasteiger partial charge in [-0.3, -0.25) is 9.59 Å². The Bertz CT molecular complexity index is 519. The Morgan fingerprint density at radius 3 is 2.54 bits per heavy atom. The molecule has 134 valence electrons. The molecule has 1 aliphatic rings. The van der Waals surface area contributed by atoms with Gasteiger partial charge in [0.25, 0.3) is 0 Å². The summed E-state index contributed by atoms with van der Waals surface area (Å²) in [5.74, 6) is 1.12. The van der Waals surface area contributed by atoms with Crippen LogP contribution in [0.4, 0.5) is 0 Å². The number of thiophene rings is 1. The molecule has 1 atom stereocenters. The quantitative estimate of drug-likeness (QED) is 0.787. The van der Waals surface area contributed by atoms with E-state index in [0.717, 1.165) is 36.5 Å². The number of rotatable bonds is 7. The Morgan fingerprint density at radius 2 is 1.96 bits per heavy atom. The summed E-state index contributed by atoms with van der Waals surface area (Å²) in [5, 5.41) is 7.98. The van der Waals surface area contributed by atoms with Crippen molar-refractivity contribution in [3.8, 4) is 0 Å². The molecule has 0 bridgehead atoms. The van der Waals surface area contributed by atoms with E-state index in [1.807, 2.05) is 17.5 Å². The zero-order valence-electron chi connectivity index (χ0n) is 15.0. The average Bonchev–Trinajstić information content (AvgIpc) is 3.05. The van der Waals surface area contributed by atoms with E-state index in [4.69, 9.17) is 0 Å². The fraction of sp³-hybridized carbons (Fsp3) is 0.684. The molecule has 1 saturated carbocycles. The van der Waals surface area contributed by atoms with E-state index in [0.29, 0.717) is 18.9 Å². The molecule has 1 aromatic rings. The largest absolute Gasteiger partial charge is 0.349 e. The van der Waals surface area contributed by atoms with Crippen molar-refractivity contribution >= 4 is 23.2 Å². The van der Waals surface area contributed by atoms with Crippen LogP contribution in [0, 0.1) is 17.8 Å². The van der Waals surface area contributed by atoms with E-state index in [-0.39, 0.29) is 17.7 Å². The van der Waals surface area contributed by atoms with Crippen LogP contribution in [0.5, 0.6) is 0 Å². The summed E-state index contributed by atoms with van der Waals surface area (Å²) in [5.41, 5.74) is 0. The van der Waals surface area contributed by atoms with Gasteiger partial charge in [-0.2, -0.15) is 0 Å². The highest BCUT2D eigenvalue weighted by Crippen LogP contribution is 2.28. The number of nitrogens with one attached hydrogen (secondary N) is 2. The van der Waals surface area contributed by atoms with Crippen LogP contribution < -0.4 is 10.6 Å². The van der Waals surface area contributed by atoms with Gasteiger partial charge in [0.05, 0.1) is 6.54 Å². The zero-order chi connectivity index (χ0) is 17.5. The first kappa shape index (κ1) is 19.0. The van der Waals surface area contributed by atoms with Gasteiger partial charge in [-0.05, 0) is 55.4 Å². The minimum atomic E-state index is -0.434. The number of amides is 2. The molecule has 5 heteroatoms. The fourth-order valence-corrected chi connectivity index (χ4v) is 3.87. The third kappa shape index (κ3) is 5.93. The Morgan fingerprint density at radius 1 is 1.25 bits per heavy atom. The number of hydrogen-bond donors (Lipinski definition) is 2. The Balaban J connectivity index is 1.89. The minimum absolute atomic E-state index is 0.0545. The second-order valence-electron chi connectivity index (χ2n) is 7.44. The molecule has 2 amide bonds. The molecule has 1 aliphatic carbocycles. The van der Waals surface area contributed by atoms with Gasteiger partial charge in [0.1, 0.15) is 6.04 Å². The maximum atomic E-state index is 12.5. The summed E-state index contributed by atoms with van der Waals surface area (Å²) >= 11 is 1.63. The zero-order valence-corrected chi connectivity index (χ0v) is 15.8. The first-order valence-electron chi connectivity index (χ1n) is 9.06. The van der Waals surface area contributed by atoms with Gasteiger partial charge in [0.15, 0.2) is 0 Å². The van der Waals surface area contributed by atoms with Gasteiger partial charge in [-0.15, -0.1) is 11.3 Å². The molecule has 1 aromatic heterocycles. The van der Waals surface area contributed by atoms with Crippen molar-refractivity contribution in [3.05, 3.63) is 22.4 Å². The predicted molar refractivity (Wildman–Crippen MR) is 98.7 cm³/mol. The average molecular weight is 351 g/mol. The van der Waals surface area contributed by atoms with Crippen LogP contribution in [0.1, 0.15) is 57.8 Å². The van der Waals surface area contributed by atoms with Gasteiger partial charge >= 0.3 is 0 Å². The Hall–Kier alpha value is -1.36. The summed E-state index contributed by atoms with van der Waals surface area (Å²) in [6.07, 6.45) is 4.77. The highest BCUT2D eigenvalue weighted by molar-refractivity contribution is 7.09. The minimum Gasteiger partial charge on any atom is -0.349 e. The van der Waals surface area contributed by atoms with Gasteiger partial charge < -0.3 is 10.6 Å². The molecule has 4 nitrogen and oxygen atoms in total. The molecular formula is C19H30N2O2S. The van der Waals surface area contributed by atoms with E-state index >= 15 is 0 Å². The van der Waals surface area contributed by atoms with Crippen LogP contribution >= 0.6 is 11.3 Å². The maximum absolute atomic E-state index is 12.5. The molecule has 2 rings (SSSR count). The second-order valence-corrected chi connectivity index (χ2v) is 8.48. The van der Waals surface area contributed by atoms with Gasteiger partial charge in [0, 0.05) is 10.8 Å². The normalized spacial score (nSPS) is 22.2. The lowest BCUT2D eigenvalue weighted by molar-refractivity contribution is -0.132. The van der Waals surface area contributed by atoms with Crippen molar-refractivity contribution in [1.82, 2.24) is 10.6 Å². The number of carbonyl (C=O) groups is 2. The lowest BCUT2D eigenvalue weighted by Crippen LogP contribution is -2.49. The standard InChI is InChI=1S/C19H30N2O2S/c1-13(2)11-17(19(23)20-12-16-5-4-10-24-16)21-18(22)15-8-6-14(3)7-9-15/h4-5,10,13-15,17H,6-9,11-12H2,1-3H3,(H,20,23)(H,21,22)/t14?,15?,17-/m1/s1. The molecule has 1 fully saturated rings. The van der Waals surface area contributed by atoms with E-state index in [1.165, 1.54) is 0 Å². The molecule has 0 aliphatic heterocycles. The van der Waals surface area contributed by atoms with Crippen molar-refractivity contribution in [2.75, 3.05) is 0 Å². The van der Waals surface area contributed by atoms with Crippen molar-refractivity contribution in [2.24, 2.45) is 17.8 Å². The summed E-state index contributed by atoms with van der Waals surface area (Å²) in [6, 6.07) is 3.55. The smallest absolute Gasteiger partial charge is 0.242 e. The van der Waals surface area contributed by atoms with Crippen molar-refractivity contribution in [2.45, 2.75) is 65.5 Å². The molecule has 2 N–H and O–H groups in total. The van der Waals surface area contributed by atoms with E-state index in [1.54, 1.807) is 11.3 Å². The van der Waals surface area contributed by atoms with Gasteiger partial charge in [-0.1, -0.05) is 26.8 Å². The van der Waals surface area contributed by atoms with Crippen LogP contribution in [0.3, 0.4) is 0 Å². The van der Waals surface area contributed by atoms with Crippen LogP contribution in [-0.4, -0.2) is 17.9 Å².